The summed E-state index contributed by atoms with van der Waals surface area (Å²) in [5.41, 5.74) is 2.97. The van der Waals surface area contributed by atoms with Crippen LogP contribution in [-0.4, -0.2) is 38.0 Å². The minimum atomic E-state index is -0.487. The lowest BCUT2D eigenvalue weighted by Crippen LogP contribution is -2.33. The molecule has 0 bridgehead atoms. The predicted molar refractivity (Wildman–Crippen MR) is 87.5 cm³/mol. The summed E-state index contributed by atoms with van der Waals surface area (Å²) in [7, 11) is 3.49. The number of rotatable bonds is 5. The quantitative estimate of drug-likeness (QED) is 0.920. The number of carbonyl (C=O) groups is 1. The third-order valence-corrected chi connectivity index (χ3v) is 3.63. The Hall–Kier alpha value is -2.20. The summed E-state index contributed by atoms with van der Waals surface area (Å²) in [5, 5.41) is 2.97. The van der Waals surface area contributed by atoms with Crippen LogP contribution in [0.2, 0.25) is 0 Å². The maximum atomic E-state index is 14.3. The van der Waals surface area contributed by atoms with Gasteiger partial charge in [0.05, 0.1) is 5.56 Å². The van der Waals surface area contributed by atoms with Crippen LogP contribution in [-0.2, 0) is 0 Å². The SMILES string of the molecule is CNCCN(C)C(=O)c1ccc(-c2ccc(C)cc2)cc1F. The molecule has 0 atom stereocenters. The van der Waals surface area contributed by atoms with E-state index in [0.29, 0.717) is 13.1 Å². The molecule has 0 radical (unpaired) electrons. The molecular formula is C18H21FN2O. The lowest BCUT2D eigenvalue weighted by molar-refractivity contribution is 0.0792. The summed E-state index contributed by atoms with van der Waals surface area (Å²) in [6, 6.07) is 12.6. The zero-order valence-electron chi connectivity index (χ0n) is 13.2. The Morgan fingerprint density at radius 1 is 1.14 bits per heavy atom. The van der Waals surface area contributed by atoms with Crippen LogP contribution in [0.1, 0.15) is 15.9 Å². The van der Waals surface area contributed by atoms with Crippen LogP contribution < -0.4 is 5.32 Å². The molecule has 0 fully saturated rings. The van der Waals surface area contributed by atoms with Crippen LogP contribution >= 0.6 is 0 Å². The molecule has 0 saturated carbocycles. The van der Waals surface area contributed by atoms with E-state index < -0.39 is 5.82 Å². The second-order valence-corrected chi connectivity index (χ2v) is 5.39. The molecule has 22 heavy (non-hydrogen) atoms. The molecule has 0 aliphatic carbocycles. The van der Waals surface area contributed by atoms with Crippen molar-refractivity contribution in [2.45, 2.75) is 6.92 Å². The van der Waals surface area contributed by atoms with Gasteiger partial charge in [0.2, 0.25) is 0 Å². The molecule has 116 valence electrons. The van der Waals surface area contributed by atoms with Gasteiger partial charge < -0.3 is 10.2 Å². The standard InChI is InChI=1S/C18H21FN2O/c1-13-4-6-14(7-5-13)15-8-9-16(17(19)12-15)18(22)21(3)11-10-20-2/h4-9,12,20H,10-11H2,1-3H3. The van der Waals surface area contributed by atoms with Gasteiger partial charge in [0, 0.05) is 20.1 Å². The van der Waals surface area contributed by atoms with E-state index in [9.17, 15) is 9.18 Å². The minimum absolute atomic E-state index is 0.106. The molecule has 0 spiro atoms. The van der Waals surface area contributed by atoms with Crippen LogP contribution in [0.25, 0.3) is 11.1 Å². The highest BCUT2D eigenvalue weighted by Gasteiger charge is 2.16. The summed E-state index contributed by atoms with van der Waals surface area (Å²) in [4.78, 5) is 13.7. The highest BCUT2D eigenvalue weighted by atomic mass is 19.1. The molecular weight excluding hydrogens is 279 g/mol. The normalized spacial score (nSPS) is 10.5. The Kier molecular flexibility index (Phi) is 5.28. The van der Waals surface area contributed by atoms with Crippen molar-refractivity contribution < 1.29 is 9.18 Å². The van der Waals surface area contributed by atoms with Gasteiger partial charge in [-0.25, -0.2) is 4.39 Å². The fraction of sp³-hybridized carbons (Fsp3) is 0.278. The number of halogens is 1. The first-order valence-corrected chi connectivity index (χ1v) is 7.29. The van der Waals surface area contributed by atoms with Crippen molar-refractivity contribution in [1.82, 2.24) is 10.2 Å². The third kappa shape index (κ3) is 3.71. The number of aryl methyl sites for hydroxylation is 1. The fourth-order valence-corrected chi connectivity index (χ4v) is 2.20. The molecule has 4 heteroatoms. The molecule has 2 rings (SSSR count). The maximum absolute atomic E-state index is 14.3. The van der Waals surface area contributed by atoms with E-state index in [1.807, 2.05) is 38.2 Å². The Balaban J connectivity index is 2.22. The monoisotopic (exact) mass is 300 g/mol. The number of likely N-dealkylation sites (N-methyl/N-ethyl adjacent to an activating group) is 2. The number of nitrogens with one attached hydrogen (secondary N) is 1. The van der Waals surface area contributed by atoms with Gasteiger partial charge in [-0.2, -0.15) is 0 Å². The zero-order chi connectivity index (χ0) is 16.1. The van der Waals surface area contributed by atoms with Crippen molar-refractivity contribution in [3.05, 3.63) is 59.4 Å². The highest BCUT2D eigenvalue weighted by molar-refractivity contribution is 5.94. The molecule has 1 N–H and O–H groups in total. The van der Waals surface area contributed by atoms with Gasteiger partial charge >= 0.3 is 0 Å². The molecule has 2 aromatic rings. The van der Waals surface area contributed by atoms with Crippen molar-refractivity contribution in [2.75, 3.05) is 27.2 Å². The summed E-state index contributed by atoms with van der Waals surface area (Å²) in [5.74, 6) is -0.789. The molecule has 0 unspecified atom stereocenters. The number of amides is 1. The molecule has 3 nitrogen and oxygen atoms in total. The second kappa shape index (κ2) is 7.18. The van der Waals surface area contributed by atoms with E-state index in [1.165, 1.54) is 11.0 Å². The first kappa shape index (κ1) is 16.2. The first-order valence-electron chi connectivity index (χ1n) is 7.29. The Bertz CT molecular complexity index is 653. The number of carbonyl (C=O) groups excluding carboxylic acids is 1. The van der Waals surface area contributed by atoms with Gasteiger partial charge in [-0.3, -0.25) is 4.79 Å². The number of hydrogen-bond acceptors (Lipinski definition) is 2. The molecule has 2 aromatic carbocycles. The van der Waals surface area contributed by atoms with E-state index in [-0.39, 0.29) is 11.5 Å². The van der Waals surface area contributed by atoms with Crippen LogP contribution in [0.5, 0.6) is 0 Å². The largest absolute Gasteiger partial charge is 0.340 e. The van der Waals surface area contributed by atoms with Gasteiger partial charge in [0.25, 0.3) is 5.91 Å². The average Bonchev–Trinajstić information content (AvgIpc) is 2.52. The lowest BCUT2D eigenvalue weighted by Gasteiger charge is -2.17. The molecule has 1 amide bonds. The molecule has 0 aromatic heterocycles. The zero-order valence-corrected chi connectivity index (χ0v) is 13.2. The first-order chi connectivity index (χ1) is 10.5. The molecule has 0 aliphatic rings. The fourth-order valence-electron chi connectivity index (χ4n) is 2.20. The molecule has 0 saturated heterocycles. The van der Waals surface area contributed by atoms with Crippen molar-refractivity contribution in [3.8, 4) is 11.1 Å². The van der Waals surface area contributed by atoms with E-state index in [0.717, 1.165) is 16.7 Å². The van der Waals surface area contributed by atoms with E-state index >= 15 is 0 Å². The van der Waals surface area contributed by atoms with E-state index in [4.69, 9.17) is 0 Å². The minimum Gasteiger partial charge on any atom is -0.340 e. The van der Waals surface area contributed by atoms with Crippen LogP contribution in [0.15, 0.2) is 42.5 Å². The Morgan fingerprint density at radius 2 is 1.77 bits per heavy atom. The van der Waals surface area contributed by atoms with Gasteiger partial charge in [-0.15, -0.1) is 0 Å². The van der Waals surface area contributed by atoms with Gasteiger partial charge in [-0.05, 0) is 37.2 Å². The van der Waals surface area contributed by atoms with Gasteiger partial charge in [0.1, 0.15) is 5.82 Å². The van der Waals surface area contributed by atoms with Crippen molar-refractivity contribution in [3.63, 3.8) is 0 Å². The summed E-state index contributed by atoms with van der Waals surface area (Å²) >= 11 is 0. The smallest absolute Gasteiger partial charge is 0.256 e. The topological polar surface area (TPSA) is 32.3 Å². The van der Waals surface area contributed by atoms with E-state index in [1.54, 1.807) is 19.2 Å². The second-order valence-electron chi connectivity index (χ2n) is 5.39. The van der Waals surface area contributed by atoms with Gasteiger partial charge in [0.15, 0.2) is 0 Å². The number of hydrogen-bond donors (Lipinski definition) is 1. The maximum Gasteiger partial charge on any atom is 0.256 e. The summed E-state index contributed by atoms with van der Waals surface area (Å²) in [6.45, 7) is 3.22. The third-order valence-electron chi connectivity index (χ3n) is 3.63. The Morgan fingerprint density at radius 3 is 2.36 bits per heavy atom. The van der Waals surface area contributed by atoms with Crippen molar-refractivity contribution >= 4 is 5.91 Å². The Labute approximate surface area is 130 Å². The van der Waals surface area contributed by atoms with Crippen LogP contribution in [0.3, 0.4) is 0 Å². The average molecular weight is 300 g/mol. The van der Waals surface area contributed by atoms with Crippen LogP contribution in [0, 0.1) is 12.7 Å². The molecule has 0 aliphatic heterocycles. The van der Waals surface area contributed by atoms with Crippen molar-refractivity contribution in [1.29, 1.82) is 0 Å². The van der Waals surface area contributed by atoms with Crippen molar-refractivity contribution in [2.24, 2.45) is 0 Å². The summed E-state index contributed by atoms with van der Waals surface area (Å²) < 4.78 is 14.3. The van der Waals surface area contributed by atoms with E-state index in [2.05, 4.69) is 5.32 Å². The van der Waals surface area contributed by atoms with Crippen LogP contribution in [0.4, 0.5) is 4.39 Å². The van der Waals surface area contributed by atoms with Gasteiger partial charge in [-0.1, -0.05) is 35.9 Å². The summed E-state index contributed by atoms with van der Waals surface area (Å²) in [6.07, 6.45) is 0. The number of nitrogens with zero attached hydrogens (tertiary/aromatic N) is 1. The lowest BCUT2D eigenvalue weighted by atomic mass is 10.0. The predicted octanol–water partition coefficient (Wildman–Crippen LogP) is 3.09. The molecule has 0 heterocycles. The number of benzene rings is 2. The highest BCUT2D eigenvalue weighted by Crippen LogP contribution is 2.23.